The van der Waals surface area contributed by atoms with E-state index in [0.717, 1.165) is 22.4 Å². The van der Waals surface area contributed by atoms with Crippen molar-refractivity contribution in [3.8, 4) is 16.8 Å². The van der Waals surface area contributed by atoms with Gasteiger partial charge in [-0.15, -0.1) is 5.10 Å². The predicted octanol–water partition coefficient (Wildman–Crippen LogP) is 4.82. The molecule has 0 fully saturated rings. The summed E-state index contributed by atoms with van der Waals surface area (Å²) in [4.78, 5) is 29.2. The van der Waals surface area contributed by atoms with Gasteiger partial charge >= 0.3 is 0 Å². The zero-order valence-electron chi connectivity index (χ0n) is 20.1. The fourth-order valence-corrected chi connectivity index (χ4v) is 3.94. The molecule has 0 aliphatic carbocycles. The van der Waals surface area contributed by atoms with E-state index in [4.69, 9.17) is 0 Å². The number of hydrogen-bond acceptors (Lipinski definition) is 5. The summed E-state index contributed by atoms with van der Waals surface area (Å²) in [6, 6.07) is 28.8. The molecule has 5 aromatic rings. The van der Waals surface area contributed by atoms with Gasteiger partial charge in [-0.3, -0.25) is 14.6 Å². The zero-order valence-corrected chi connectivity index (χ0v) is 20.1. The lowest BCUT2D eigenvalue weighted by Gasteiger charge is -2.09. The molecule has 2 N–H and O–H groups in total. The summed E-state index contributed by atoms with van der Waals surface area (Å²) in [7, 11) is 0. The number of carbonyl (C=O) groups is 2. The van der Waals surface area contributed by atoms with Crippen molar-refractivity contribution in [2.24, 2.45) is 0 Å². The van der Waals surface area contributed by atoms with Gasteiger partial charge < -0.3 is 10.6 Å². The van der Waals surface area contributed by atoms with E-state index in [9.17, 15) is 9.59 Å². The van der Waals surface area contributed by atoms with Crippen molar-refractivity contribution in [3.05, 3.63) is 126 Å². The van der Waals surface area contributed by atoms with Gasteiger partial charge in [-0.1, -0.05) is 59.8 Å². The molecule has 0 radical (unpaired) electrons. The number of pyridine rings is 1. The number of nitrogens with one attached hydrogen (secondary N) is 2. The number of carbonyl (C=O) groups excluding carboxylic acids is 2. The first-order valence-electron chi connectivity index (χ1n) is 11.8. The number of hydrogen-bond donors (Lipinski definition) is 2. The van der Waals surface area contributed by atoms with Gasteiger partial charge in [-0.2, -0.15) is 0 Å². The highest BCUT2D eigenvalue weighted by atomic mass is 16.2. The third-order valence-corrected chi connectivity index (χ3v) is 5.89. The highest BCUT2D eigenvalue weighted by Gasteiger charge is 2.17. The average Bonchev–Trinajstić information content (AvgIpc) is 3.34. The lowest BCUT2D eigenvalue weighted by molar-refractivity contribution is 0.0944. The summed E-state index contributed by atoms with van der Waals surface area (Å²) in [6.45, 7) is 2.09. The van der Waals surface area contributed by atoms with Gasteiger partial charge in [0.1, 0.15) is 0 Å². The van der Waals surface area contributed by atoms with Crippen LogP contribution in [0, 0.1) is 6.92 Å². The summed E-state index contributed by atoms with van der Waals surface area (Å²) >= 11 is 0. The Bertz CT molecular complexity index is 1530. The second-order valence-corrected chi connectivity index (χ2v) is 8.43. The van der Waals surface area contributed by atoms with Crippen LogP contribution in [0.4, 0.5) is 5.69 Å². The molecule has 8 nitrogen and oxygen atoms in total. The monoisotopic (exact) mass is 488 g/mol. The van der Waals surface area contributed by atoms with Crippen LogP contribution >= 0.6 is 0 Å². The Morgan fingerprint density at radius 3 is 2.38 bits per heavy atom. The maximum Gasteiger partial charge on any atom is 0.274 e. The molecule has 0 bridgehead atoms. The molecular weight excluding hydrogens is 464 g/mol. The van der Waals surface area contributed by atoms with Gasteiger partial charge in [-0.05, 0) is 60.0 Å². The first-order valence-corrected chi connectivity index (χ1v) is 11.8. The third-order valence-electron chi connectivity index (χ3n) is 5.89. The molecule has 0 unspecified atom stereocenters. The van der Waals surface area contributed by atoms with E-state index in [2.05, 4.69) is 38.1 Å². The maximum atomic E-state index is 12.9. The third kappa shape index (κ3) is 5.43. The molecule has 0 atom stereocenters. The lowest BCUT2D eigenvalue weighted by Crippen LogP contribution is -2.24. The molecule has 0 spiro atoms. The summed E-state index contributed by atoms with van der Waals surface area (Å²) in [5.74, 6) is -0.576. The van der Waals surface area contributed by atoms with Gasteiger partial charge in [-0.25, -0.2) is 4.68 Å². The molecule has 182 valence electrons. The highest BCUT2D eigenvalue weighted by Crippen LogP contribution is 2.21. The quantitative estimate of drug-likeness (QED) is 0.342. The molecule has 2 heterocycles. The van der Waals surface area contributed by atoms with E-state index in [-0.39, 0.29) is 24.1 Å². The Hall–Kier alpha value is -5.11. The summed E-state index contributed by atoms with van der Waals surface area (Å²) in [5.41, 5.74) is 5.87. The number of nitrogens with zero attached hydrogens (tertiary/aromatic N) is 4. The first kappa shape index (κ1) is 23.6. The Balaban J connectivity index is 1.23. The van der Waals surface area contributed by atoms with E-state index in [1.54, 1.807) is 29.1 Å². The molecular formula is C29H24N6O2. The largest absolute Gasteiger partial charge is 0.347 e. The number of rotatable bonds is 7. The lowest BCUT2D eigenvalue weighted by atomic mass is 10.1. The second-order valence-electron chi connectivity index (χ2n) is 8.43. The normalized spacial score (nSPS) is 10.6. The van der Waals surface area contributed by atoms with E-state index in [0.29, 0.717) is 16.9 Å². The summed E-state index contributed by atoms with van der Waals surface area (Å²) in [6.07, 6.45) is 3.12. The minimum absolute atomic E-state index is 0.252. The first-order chi connectivity index (χ1) is 18.1. The van der Waals surface area contributed by atoms with Crippen molar-refractivity contribution in [2.75, 3.05) is 5.32 Å². The summed E-state index contributed by atoms with van der Waals surface area (Å²) < 4.78 is 1.65. The molecule has 2 aromatic heterocycles. The van der Waals surface area contributed by atoms with Crippen LogP contribution in [-0.4, -0.2) is 31.8 Å². The van der Waals surface area contributed by atoms with Crippen molar-refractivity contribution in [3.63, 3.8) is 0 Å². The van der Waals surface area contributed by atoms with E-state index in [1.165, 1.54) is 6.20 Å². The number of amides is 2. The Kier molecular flexibility index (Phi) is 6.80. The smallest absolute Gasteiger partial charge is 0.274 e. The maximum absolute atomic E-state index is 12.9. The van der Waals surface area contributed by atoms with Gasteiger partial charge in [0.25, 0.3) is 11.8 Å². The van der Waals surface area contributed by atoms with Gasteiger partial charge in [0.05, 0.1) is 16.9 Å². The van der Waals surface area contributed by atoms with Crippen molar-refractivity contribution < 1.29 is 9.59 Å². The molecule has 3 aromatic carbocycles. The van der Waals surface area contributed by atoms with Crippen LogP contribution in [-0.2, 0) is 6.54 Å². The number of anilines is 1. The second kappa shape index (κ2) is 10.7. The molecule has 2 amide bonds. The average molecular weight is 489 g/mol. The Morgan fingerprint density at radius 2 is 1.62 bits per heavy atom. The van der Waals surface area contributed by atoms with Gasteiger partial charge in [0.2, 0.25) is 0 Å². The fraction of sp³-hybridized carbons (Fsp3) is 0.0690. The minimum atomic E-state index is -0.325. The standard InChI is InChI=1S/C29H24N6O2/c1-20-27(33-34-35(20)26-14-12-23(13-15-26)22-8-3-2-4-9-22)29(37)31-18-21-7-5-11-25(17-21)32-28(36)24-10-6-16-30-19-24/h2-17,19H,18H2,1H3,(H,31,37)(H,32,36). The highest BCUT2D eigenvalue weighted by molar-refractivity contribution is 6.04. The minimum Gasteiger partial charge on any atom is -0.347 e. The van der Waals surface area contributed by atoms with Crippen LogP contribution in [0.25, 0.3) is 16.8 Å². The molecule has 8 heteroatoms. The van der Waals surface area contributed by atoms with Crippen LogP contribution in [0.1, 0.15) is 32.1 Å². The molecule has 37 heavy (non-hydrogen) atoms. The SMILES string of the molecule is Cc1c(C(=O)NCc2cccc(NC(=O)c3cccnc3)c2)nnn1-c1ccc(-c2ccccc2)cc1. The summed E-state index contributed by atoms with van der Waals surface area (Å²) in [5, 5.41) is 14.0. The Morgan fingerprint density at radius 1 is 0.838 bits per heavy atom. The van der Waals surface area contributed by atoms with Crippen molar-refractivity contribution in [1.29, 1.82) is 0 Å². The number of benzene rings is 3. The molecule has 5 rings (SSSR count). The van der Waals surface area contributed by atoms with Crippen LogP contribution in [0.15, 0.2) is 103 Å². The van der Waals surface area contributed by atoms with E-state index < -0.39 is 0 Å². The zero-order chi connectivity index (χ0) is 25.6. The van der Waals surface area contributed by atoms with Crippen molar-refractivity contribution in [1.82, 2.24) is 25.3 Å². The molecule has 0 aliphatic rings. The van der Waals surface area contributed by atoms with Crippen molar-refractivity contribution in [2.45, 2.75) is 13.5 Å². The Labute approximate surface area is 214 Å². The van der Waals surface area contributed by atoms with E-state index in [1.807, 2.05) is 67.6 Å². The van der Waals surface area contributed by atoms with Gasteiger partial charge in [0, 0.05) is 24.6 Å². The van der Waals surface area contributed by atoms with Crippen LogP contribution in [0.5, 0.6) is 0 Å². The van der Waals surface area contributed by atoms with Gasteiger partial charge in [0.15, 0.2) is 5.69 Å². The van der Waals surface area contributed by atoms with Crippen LogP contribution < -0.4 is 10.6 Å². The predicted molar refractivity (Wildman–Crippen MR) is 141 cm³/mol. The fourth-order valence-electron chi connectivity index (χ4n) is 3.94. The molecule has 0 saturated heterocycles. The van der Waals surface area contributed by atoms with Crippen LogP contribution in [0.3, 0.4) is 0 Å². The van der Waals surface area contributed by atoms with E-state index >= 15 is 0 Å². The van der Waals surface area contributed by atoms with Crippen molar-refractivity contribution >= 4 is 17.5 Å². The number of aromatic nitrogens is 4. The topological polar surface area (TPSA) is 102 Å². The molecule has 0 saturated carbocycles. The molecule has 0 aliphatic heterocycles. The van der Waals surface area contributed by atoms with Crippen LogP contribution in [0.2, 0.25) is 0 Å².